The van der Waals surface area contributed by atoms with Gasteiger partial charge in [-0.15, -0.1) is 0 Å². The first kappa shape index (κ1) is 23.0. The number of nitrogens with zero attached hydrogens (tertiary/aromatic N) is 1. The van der Waals surface area contributed by atoms with E-state index in [1.54, 1.807) is 6.21 Å². The normalized spacial score (nSPS) is 11.8. The monoisotopic (exact) mass is 543 g/mol. The first-order chi connectivity index (χ1) is 15.0. The molecular formula is C24H23Br2N3O2. The molecule has 3 rings (SSSR count). The third-order valence-corrected chi connectivity index (χ3v) is 5.57. The molecule has 3 aromatic carbocycles. The van der Waals surface area contributed by atoms with Crippen LogP contribution in [0.5, 0.6) is 5.75 Å². The van der Waals surface area contributed by atoms with Crippen LogP contribution in [-0.4, -0.2) is 18.2 Å². The fourth-order valence-electron chi connectivity index (χ4n) is 2.80. The highest BCUT2D eigenvalue weighted by molar-refractivity contribution is 9.10. The van der Waals surface area contributed by atoms with Gasteiger partial charge in [-0.05, 0) is 60.5 Å². The quantitative estimate of drug-likeness (QED) is 0.251. The predicted octanol–water partition coefficient (Wildman–Crippen LogP) is 6.13. The van der Waals surface area contributed by atoms with Gasteiger partial charge in [0, 0.05) is 20.2 Å². The van der Waals surface area contributed by atoms with Crippen LogP contribution in [-0.2, 0) is 11.4 Å². The van der Waals surface area contributed by atoms with Crippen molar-refractivity contribution in [2.45, 2.75) is 26.0 Å². The molecule has 0 spiro atoms. The molecule has 0 saturated carbocycles. The average molecular weight is 545 g/mol. The lowest BCUT2D eigenvalue weighted by Gasteiger charge is -2.16. The van der Waals surface area contributed by atoms with Gasteiger partial charge in [-0.25, -0.2) is 5.43 Å². The van der Waals surface area contributed by atoms with E-state index < -0.39 is 0 Å². The maximum Gasteiger partial charge on any atom is 0.262 e. The molecule has 0 aromatic heterocycles. The summed E-state index contributed by atoms with van der Waals surface area (Å²) < 4.78 is 7.96. The van der Waals surface area contributed by atoms with Gasteiger partial charge in [0.05, 0.1) is 6.21 Å². The Morgan fingerprint density at radius 3 is 2.32 bits per heavy atom. The van der Waals surface area contributed by atoms with Crippen molar-refractivity contribution >= 4 is 49.7 Å². The van der Waals surface area contributed by atoms with Crippen LogP contribution in [0.25, 0.3) is 0 Å². The molecule has 0 bridgehead atoms. The number of benzene rings is 3. The van der Waals surface area contributed by atoms with Crippen molar-refractivity contribution in [1.82, 2.24) is 5.43 Å². The molecule has 3 aromatic rings. The Morgan fingerprint density at radius 1 is 1.00 bits per heavy atom. The number of hydrogen-bond donors (Lipinski definition) is 2. The van der Waals surface area contributed by atoms with Crippen LogP contribution < -0.4 is 15.5 Å². The second kappa shape index (κ2) is 11.7. The van der Waals surface area contributed by atoms with E-state index in [1.807, 2.05) is 79.7 Å². The largest absolute Gasteiger partial charge is 0.488 e. The molecule has 0 fully saturated rings. The standard InChI is InChI=1S/C24H23Br2N3O2/c1-2-22(28-21-13-11-20(26)12-14-21)24(30)29-27-15-18-5-3-4-6-23(18)31-16-17-7-9-19(25)10-8-17/h3-15,22,28H,2,16H2,1H3,(H,29,30). The van der Waals surface area contributed by atoms with Crippen molar-refractivity contribution in [3.05, 3.63) is 92.9 Å². The Morgan fingerprint density at radius 2 is 1.65 bits per heavy atom. The van der Waals surface area contributed by atoms with Crippen molar-refractivity contribution in [1.29, 1.82) is 0 Å². The van der Waals surface area contributed by atoms with Gasteiger partial charge in [-0.2, -0.15) is 5.10 Å². The van der Waals surface area contributed by atoms with Crippen molar-refractivity contribution in [3.63, 3.8) is 0 Å². The molecule has 0 aliphatic carbocycles. The van der Waals surface area contributed by atoms with E-state index in [9.17, 15) is 4.79 Å². The zero-order valence-corrected chi connectivity index (χ0v) is 20.2. The Hall–Kier alpha value is -2.64. The first-order valence-corrected chi connectivity index (χ1v) is 11.4. The van der Waals surface area contributed by atoms with Crippen LogP contribution >= 0.6 is 31.9 Å². The molecule has 1 unspecified atom stereocenters. The van der Waals surface area contributed by atoms with Crippen molar-refractivity contribution in [2.24, 2.45) is 5.10 Å². The van der Waals surface area contributed by atoms with E-state index in [0.29, 0.717) is 18.8 Å². The van der Waals surface area contributed by atoms with Crippen LogP contribution in [0.15, 0.2) is 86.8 Å². The van der Waals surface area contributed by atoms with E-state index in [0.717, 1.165) is 25.8 Å². The van der Waals surface area contributed by atoms with Gasteiger partial charge < -0.3 is 10.1 Å². The summed E-state index contributed by atoms with van der Waals surface area (Å²) in [6.45, 7) is 2.39. The van der Waals surface area contributed by atoms with E-state index in [-0.39, 0.29) is 11.9 Å². The van der Waals surface area contributed by atoms with Gasteiger partial charge in [0.25, 0.3) is 5.91 Å². The lowest BCUT2D eigenvalue weighted by Crippen LogP contribution is -2.36. The molecule has 1 amide bonds. The number of carbonyl (C=O) groups is 1. The van der Waals surface area contributed by atoms with Crippen LogP contribution in [0.2, 0.25) is 0 Å². The van der Waals surface area contributed by atoms with Crippen molar-refractivity contribution in [2.75, 3.05) is 5.32 Å². The second-order valence-electron chi connectivity index (χ2n) is 6.80. The van der Waals surface area contributed by atoms with Crippen molar-refractivity contribution < 1.29 is 9.53 Å². The Bertz CT molecular complexity index is 1020. The van der Waals surface area contributed by atoms with Crippen LogP contribution in [0.3, 0.4) is 0 Å². The minimum absolute atomic E-state index is 0.199. The molecule has 5 nitrogen and oxygen atoms in total. The molecule has 160 valence electrons. The number of rotatable bonds is 9. The molecule has 0 radical (unpaired) electrons. The third-order valence-electron chi connectivity index (χ3n) is 4.51. The Kier molecular flexibility index (Phi) is 8.67. The number of nitrogens with one attached hydrogen (secondary N) is 2. The SMILES string of the molecule is CCC(Nc1ccc(Br)cc1)C(=O)NN=Cc1ccccc1OCc1ccc(Br)cc1. The van der Waals surface area contributed by atoms with Gasteiger partial charge >= 0.3 is 0 Å². The summed E-state index contributed by atoms with van der Waals surface area (Å²) in [5.74, 6) is 0.498. The van der Waals surface area contributed by atoms with Gasteiger partial charge in [0.15, 0.2) is 0 Å². The lowest BCUT2D eigenvalue weighted by molar-refractivity contribution is -0.121. The summed E-state index contributed by atoms with van der Waals surface area (Å²) in [5, 5.41) is 7.36. The average Bonchev–Trinajstić information content (AvgIpc) is 2.79. The molecule has 0 aliphatic heterocycles. The summed E-state index contributed by atoms with van der Waals surface area (Å²) in [5.41, 5.74) is 5.34. The van der Waals surface area contributed by atoms with Gasteiger partial charge in [-0.1, -0.05) is 63.0 Å². The maximum absolute atomic E-state index is 12.5. The van der Waals surface area contributed by atoms with Gasteiger partial charge in [0.1, 0.15) is 18.4 Å². The minimum atomic E-state index is -0.387. The highest BCUT2D eigenvalue weighted by atomic mass is 79.9. The highest BCUT2D eigenvalue weighted by Crippen LogP contribution is 2.19. The number of ether oxygens (including phenoxy) is 1. The highest BCUT2D eigenvalue weighted by Gasteiger charge is 2.15. The lowest BCUT2D eigenvalue weighted by atomic mass is 10.2. The zero-order chi connectivity index (χ0) is 22.1. The molecule has 1 atom stereocenters. The molecule has 7 heteroatoms. The number of amides is 1. The molecular weight excluding hydrogens is 522 g/mol. The molecule has 0 saturated heterocycles. The fourth-order valence-corrected chi connectivity index (χ4v) is 3.33. The van der Waals surface area contributed by atoms with Crippen LogP contribution in [0, 0.1) is 0 Å². The van der Waals surface area contributed by atoms with E-state index in [4.69, 9.17) is 4.74 Å². The maximum atomic E-state index is 12.5. The van der Waals surface area contributed by atoms with E-state index >= 15 is 0 Å². The third kappa shape index (κ3) is 7.22. The topological polar surface area (TPSA) is 62.7 Å². The van der Waals surface area contributed by atoms with Gasteiger partial charge in [0.2, 0.25) is 0 Å². The fraction of sp³-hybridized carbons (Fsp3) is 0.167. The Labute approximate surface area is 199 Å². The number of carbonyl (C=O) groups excluding carboxylic acids is 1. The first-order valence-electron chi connectivity index (χ1n) is 9.86. The number of para-hydroxylation sites is 1. The van der Waals surface area contributed by atoms with Crippen LogP contribution in [0.1, 0.15) is 24.5 Å². The second-order valence-corrected chi connectivity index (χ2v) is 8.63. The molecule has 0 heterocycles. The number of hydrogen-bond acceptors (Lipinski definition) is 4. The number of hydrazone groups is 1. The van der Waals surface area contributed by atoms with Crippen LogP contribution in [0.4, 0.5) is 5.69 Å². The Balaban J connectivity index is 1.58. The summed E-state index contributed by atoms with van der Waals surface area (Å²) in [6, 6.07) is 22.9. The molecule has 31 heavy (non-hydrogen) atoms. The molecule has 0 aliphatic rings. The summed E-state index contributed by atoms with van der Waals surface area (Å²) in [7, 11) is 0. The summed E-state index contributed by atoms with van der Waals surface area (Å²) >= 11 is 6.84. The van der Waals surface area contributed by atoms with E-state index in [2.05, 4.69) is 47.7 Å². The molecule has 2 N–H and O–H groups in total. The number of anilines is 1. The van der Waals surface area contributed by atoms with E-state index in [1.165, 1.54) is 0 Å². The van der Waals surface area contributed by atoms with Crippen molar-refractivity contribution in [3.8, 4) is 5.75 Å². The predicted molar refractivity (Wildman–Crippen MR) is 132 cm³/mol. The summed E-state index contributed by atoms with van der Waals surface area (Å²) in [6.07, 6.45) is 2.23. The smallest absolute Gasteiger partial charge is 0.262 e. The van der Waals surface area contributed by atoms with Gasteiger partial charge in [-0.3, -0.25) is 4.79 Å². The zero-order valence-electron chi connectivity index (χ0n) is 17.0. The summed E-state index contributed by atoms with van der Waals surface area (Å²) in [4.78, 5) is 12.5. The number of halogens is 2. The minimum Gasteiger partial charge on any atom is -0.488 e.